The largest absolute Gasteiger partial charge is 0.494 e. The number of rotatable bonds is 4. The van der Waals surface area contributed by atoms with Crippen molar-refractivity contribution in [2.75, 3.05) is 19.0 Å². The second kappa shape index (κ2) is 6.20. The summed E-state index contributed by atoms with van der Waals surface area (Å²) in [4.78, 5) is 0. The molecule has 0 atom stereocenters. The molecule has 1 aliphatic heterocycles. The summed E-state index contributed by atoms with van der Waals surface area (Å²) in [7, 11) is 1.71. The van der Waals surface area contributed by atoms with Crippen molar-refractivity contribution in [3.05, 3.63) is 35.5 Å². The molecular weight excluding hydrogens is 262 g/mol. The van der Waals surface area contributed by atoms with Gasteiger partial charge in [0, 0.05) is 12.1 Å². The highest BCUT2D eigenvalue weighted by atomic mass is 16.5. The first-order valence-corrected chi connectivity index (χ1v) is 7.83. The molecule has 0 aliphatic carbocycles. The Labute approximate surface area is 126 Å². The maximum atomic E-state index is 5.50. The summed E-state index contributed by atoms with van der Waals surface area (Å²) in [5, 5.41) is 8.44. The highest BCUT2D eigenvalue weighted by molar-refractivity contribution is 5.58. The van der Waals surface area contributed by atoms with E-state index in [0.717, 1.165) is 43.1 Å². The van der Waals surface area contributed by atoms with Gasteiger partial charge in [-0.25, -0.2) is 4.68 Å². The molecular formula is C17H23N3O. The highest BCUT2D eigenvalue weighted by Crippen LogP contribution is 2.32. The van der Waals surface area contributed by atoms with Crippen molar-refractivity contribution in [3.63, 3.8) is 0 Å². The number of hydrogen-bond donors (Lipinski definition) is 1. The molecule has 0 unspecified atom stereocenters. The molecule has 1 aliphatic rings. The van der Waals surface area contributed by atoms with Gasteiger partial charge < -0.3 is 10.1 Å². The number of aryl methyl sites for hydroxylation is 1. The summed E-state index contributed by atoms with van der Waals surface area (Å²) >= 11 is 0. The number of benzene rings is 1. The van der Waals surface area contributed by atoms with Crippen molar-refractivity contribution in [1.82, 2.24) is 9.78 Å². The van der Waals surface area contributed by atoms with Gasteiger partial charge in [-0.05, 0) is 37.8 Å². The van der Waals surface area contributed by atoms with Gasteiger partial charge >= 0.3 is 0 Å². The average molecular weight is 285 g/mol. The molecule has 21 heavy (non-hydrogen) atoms. The minimum absolute atomic E-state index is 0.858. The Bertz CT molecular complexity index is 618. The summed E-state index contributed by atoms with van der Waals surface area (Å²) in [6.45, 7) is 3.22. The van der Waals surface area contributed by atoms with Crippen LogP contribution in [0.4, 0.5) is 5.82 Å². The van der Waals surface area contributed by atoms with E-state index in [0.29, 0.717) is 0 Å². The Morgan fingerprint density at radius 3 is 2.95 bits per heavy atom. The van der Waals surface area contributed by atoms with E-state index in [4.69, 9.17) is 9.84 Å². The van der Waals surface area contributed by atoms with Gasteiger partial charge in [-0.3, -0.25) is 0 Å². The lowest BCUT2D eigenvalue weighted by Gasteiger charge is -2.12. The number of fused-ring (bicyclic) bond motifs is 1. The van der Waals surface area contributed by atoms with E-state index in [1.165, 1.54) is 24.1 Å². The Morgan fingerprint density at radius 2 is 2.14 bits per heavy atom. The van der Waals surface area contributed by atoms with Crippen LogP contribution in [-0.2, 0) is 12.8 Å². The molecule has 2 aromatic rings. The molecule has 2 heterocycles. The zero-order valence-corrected chi connectivity index (χ0v) is 12.9. The molecule has 1 N–H and O–H groups in total. The van der Waals surface area contributed by atoms with Crippen LogP contribution in [0.2, 0.25) is 0 Å². The third kappa shape index (κ3) is 2.62. The monoisotopic (exact) mass is 285 g/mol. The second-order valence-corrected chi connectivity index (χ2v) is 5.49. The van der Waals surface area contributed by atoms with Crippen LogP contribution in [0.25, 0.3) is 5.69 Å². The number of methoxy groups -OCH3 is 1. The maximum Gasteiger partial charge on any atom is 0.144 e. The summed E-state index contributed by atoms with van der Waals surface area (Å²) < 4.78 is 7.53. The zero-order chi connectivity index (χ0) is 14.7. The van der Waals surface area contributed by atoms with E-state index in [1.54, 1.807) is 7.11 Å². The summed E-state index contributed by atoms with van der Waals surface area (Å²) in [6.07, 6.45) is 5.72. The van der Waals surface area contributed by atoms with Crippen LogP contribution in [0.3, 0.4) is 0 Å². The van der Waals surface area contributed by atoms with Gasteiger partial charge in [-0.15, -0.1) is 0 Å². The molecule has 0 bridgehead atoms. The SMILES string of the molecule is CCCc1nn(-c2ccccc2OC)c2c1CCCCN2. The summed E-state index contributed by atoms with van der Waals surface area (Å²) in [5.41, 5.74) is 3.63. The van der Waals surface area contributed by atoms with Crippen LogP contribution < -0.4 is 10.1 Å². The van der Waals surface area contributed by atoms with Gasteiger partial charge in [0.15, 0.2) is 0 Å². The Kier molecular flexibility index (Phi) is 4.13. The number of aromatic nitrogens is 2. The average Bonchev–Trinajstić information content (AvgIpc) is 2.71. The second-order valence-electron chi connectivity index (χ2n) is 5.49. The molecule has 0 amide bonds. The maximum absolute atomic E-state index is 5.50. The highest BCUT2D eigenvalue weighted by Gasteiger charge is 2.21. The van der Waals surface area contributed by atoms with E-state index < -0.39 is 0 Å². The molecule has 4 nitrogen and oxygen atoms in total. The standard InChI is InChI=1S/C17H23N3O/c1-3-8-14-13-9-6-7-12-18-17(13)20(19-14)15-10-4-5-11-16(15)21-2/h4-5,10-11,18H,3,6-9,12H2,1-2H3. The summed E-state index contributed by atoms with van der Waals surface area (Å²) in [5.74, 6) is 2.01. The molecule has 0 spiro atoms. The molecule has 4 heteroatoms. The van der Waals surface area contributed by atoms with E-state index in [9.17, 15) is 0 Å². The number of nitrogens with one attached hydrogen (secondary N) is 1. The fraction of sp³-hybridized carbons (Fsp3) is 0.471. The lowest BCUT2D eigenvalue weighted by molar-refractivity contribution is 0.412. The predicted octanol–water partition coefficient (Wildman–Crippen LogP) is 3.58. The van der Waals surface area contributed by atoms with Crippen LogP contribution in [-0.4, -0.2) is 23.4 Å². The van der Waals surface area contributed by atoms with Crippen LogP contribution in [0.15, 0.2) is 24.3 Å². The molecule has 3 rings (SSSR count). The fourth-order valence-corrected chi connectivity index (χ4v) is 2.99. The first-order chi connectivity index (χ1) is 10.3. The summed E-state index contributed by atoms with van der Waals surface area (Å²) in [6, 6.07) is 8.07. The number of ether oxygens (including phenoxy) is 1. The van der Waals surface area contributed by atoms with Crippen molar-refractivity contribution in [1.29, 1.82) is 0 Å². The third-order valence-electron chi connectivity index (χ3n) is 4.01. The number of anilines is 1. The molecule has 0 saturated heterocycles. The molecule has 0 radical (unpaired) electrons. The van der Waals surface area contributed by atoms with Crippen LogP contribution in [0.1, 0.15) is 37.4 Å². The molecule has 0 saturated carbocycles. The van der Waals surface area contributed by atoms with Crippen LogP contribution in [0.5, 0.6) is 5.75 Å². The smallest absolute Gasteiger partial charge is 0.144 e. The fourth-order valence-electron chi connectivity index (χ4n) is 2.99. The molecule has 1 aromatic carbocycles. The van der Waals surface area contributed by atoms with Crippen molar-refractivity contribution in [3.8, 4) is 11.4 Å². The Morgan fingerprint density at radius 1 is 1.29 bits per heavy atom. The molecule has 112 valence electrons. The van der Waals surface area contributed by atoms with Crippen molar-refractivity contribution in [2.24, 2.45) is 0 Å². The minimum Gasteiger partial charge on any atom is -0.494 e. The van der Waals surface area contributed by atoms with Gasteiger partial charge in [0.2, 0.25) is 0 Å². The van der Waals surface area contributed by atoms with E-state index in [2.05, 4.69) is 18.3 Å². The lowest BCUT2D eigenvalue weighted by atomic mass is 10.1. The van der Waals surface area contributed by atoms with E-state index in [-0.39, 0.29) is 0 Å². The van der Waals surface area contributed by atoms with Gasteiger partial charge in [0.05, 0.1) is 12.8 Å². The first-order valence-electron chi connectivity index (χ1n) is 7.83. The molecule has 1 aromatic heterocycles. The van der Waals surface area contributed by atoms with Gasteiger partial charge in [-0.1, -0.05) is 25.5 Å². The number of hydrogen-bond acceptors (Lipinski definition) is 3. The van der Waals surface area contributed by atoms with Crippen molar-refractivity contribution < 1.29 is 4.74 Å². The van der Waals surface area contributed by atoms with Crippen LogP contribution in [0, 0.1) is 0 Å². The van der Waals surface area contributed by atoms with Gasteiger partial charge in [-0.2, -0.15) is 5.10 Å². The third-order valence-corrected chi connectivity index (χ3v) is 4.01. The quantitative estimate of drug-likeness (QED) is 0.933. The van der Waals surface area contributed by atoms with Crippen molar-refractivity contribution in [2.45, 2.75) is 39.0 Å². The topological polar surface area (TPSA) is 39.1 Å². The Balaban J connectivity index is 2.13. The van der Waals surface area contributed by atoms with E-state index in [1.807, 2.05) is 22.9 Å². The normalized spacial score (nSPS) is 14.2. The minimum atomic E-state index is 0.858. The Hall–Kier alpha value is -1.97. The predicted molar refractivity (Wildman–Crippen MR) is 85.5 cm³/mol. The zero-order valence-electron chi connectivity index (χ0n) is 12.9. The van der Waals surface area contributed by atoms with Gasteiger partial charge in [0.1, 0.15) is 17.3 Å². The molecule has 0 fully saturated rings. The number of nitrogens with zero attached hydrogens (tertiary/aromatic N) is 2. The lowest BCUT2D eigenvalue weighted by Crippen LogP contribution is -2.08. The van der Waals surface area contributed by atoms with Gasteiger partial charge in [0.25, 0.3) is 0 Å². The van der Waals surface area contributed by atoms with Crippen molar-refractivity contribution >= 4 is 5.82 Å². The first kappa shape index (κ1) is 14.0. The van der Waals surface area contributed by atoms with E-state index >= 15 is 0 Å². The number of para-hydroxylation sites is 2. The van der Waals surface area contributed by atoms with Crippen LogP contribution >= 0.6 is 0 Å².